The van der Waals surface area contributed by atoms with Gasteiger partial charge in [-0.15, -0.1) is 6.58 Å². The van der Waals surface area contributed by atoms with Crippen LogP contribution >= 0.6 is 12.2 Å². The summed E-state index contributed by atoms with van der Waals surface area (Å²) in [5.74, 6) is 0.141. The summed E-state index contributed by atoms with van der Waals surface area (Å²) in [5, 5.41) is 6.65. The Kier molecular flexibility index (Phi) is 6.73. The highest BCUT2D eigenvalue weighted by atomic mass is 32.1. The molecular formula is C15H21N3OS. The van der Waals surface area contributed by atoms with Gasteiger partial charge in [0.05, 0.1) is 0 Å². The number of carbonyl (C=O) groups is 1. The van der Waals surface area contributed by atoms with Crippen molar-refractivity contribution in [2.45, 2.75) is 12.8 Å². The molecule has 20 heavy (non-hydrogen) atoms. The second-order valence-corrected chi connectivity index (χ2v) is 5.02. The topological polar surface area (TPSA) is 44.4 Å². The molecule has 1 aromatic carbocycles. The predicted molar refractivity (Wildman–Crippen MR) is 87.9 cm³/mol. The lowest BCUT2D eigenvalue weighted by atomic mass is 10.1. The van der Waals surface area contributed by atoms with E-state index in [4.69, 9.17) is 12.2 Å². The Labute approximate surface area is 125 Å². The third-order valence-corrected chi connectivity index (χ3v) is 2.99. The molecule has 0 unspecified atom stereocenters. The molecule has 0 aliphatic rings. The molecule has 0 aliphatic heterocycles. The minimum Gasteiger partial charge on any atom is -0.359 e. The minimum absolute atomic E-state index is 0.141. The van der Waals surface area contributed by atoms with Crippen LogP contribution in [0.4, 0.5) is 5.69 Å². The van der Waals surface area contributed by atoms with Gasteiger partial charge in [-0.2, -0.15) is 0 Å². The van der Waals surface area contributed by atoms with Gasteiger partial charge in [0.15, 0.2) is 5.11 Å². The maximum absolute atomic E-state index is 11.5. The Morgan fingerprint density at radius 1 is 1.35 bits per heavy atom. The van der Waals surface area contributed by atoms with E-state index in [0.717, 1.165) is 17.7 Å². The summed E-state index contributed by atoms with van der Waals surface area (Å²) in [4.78, 5) is 13.1. The number of aryl methyl sites for hydroxylation is 1. The number of hydrogen-bond donors (Lipinski definition) is 2. The fourth-order valence-corrected chi connectivity index (χ4v) is 1.77. The number of hydrogen-bond acceptors (Lipinski definition) is 2. The number of nitrogens with one attached hydrogen (secondary N) is 2. The van der Waals surface area contributed by atoms with Crippen molar-refractivity contribution >= 4 is 28.9 Å². The van der Waals surface area contributed by atoms with Gasteiger partial charge in [-0.05, 0) is 36.3 Å². The van der Waals surface area contributed by atoms with Crippen LogP contribution in [-0.2, 0) is 11.2 Å². The van der Waals surface area contributed by atoms with E-state index in [0.29, 0.717) is 18.1 Å². The van der Waals surface area contributed by atoms with Crippen molar-refractivity contribution in [2.24, 2.45) is 0 Å². The lowest BCUT2D eigenvalue weighted by molar-refractivity contribution is -0.128. The molecule has 0 spiro atoms. The normalized spacial score (nSPS) is 9.70. The van der Waals surface area contributed by atoms with E-state index in [1.807, 2.05) is 24.3 Å². The summed E-state index contributed by atoms with van der Waals surface area (Å²) in [6.45, 7) is 4.25. The van der Waals surface area contributed by atoms with E-state index >= 15 is 0 Å². The number of amides is 1. The SMILES string of the molecule is C=CCNC(=S)Nc1ccc(CCC(=O)N(C)C)cc1. The van der Waals surface area contributed by atoms with Gasteiger partial charge in [-0.25, -0.2) is 0 Å². The molecule has 0 heterocycles. The number of anilines is 1. The molecule has 1 amide bonds. The minimum atomic E-state index is 0.141. The smallest absolute Gasteiger partial charge is 0.222 e. The van der Waals surface area contributed by atoms with Crippen molar-refractivity contribution in [3.63, 3.8) is 0 Å². The molecule has 1 rings (SSSR count). The highest BCUT2D eigenvalue weighted by molar-refractivity contribution is 7.80. The molecule has 0 aliphatic carbocycles. The van der Waals surface area contributed by atoms with Gasteiger partial charge >= 0.3 is 0 Å². The third kappa shape index (κ3) is 5.84. The number of rotatable bonds is 6. The summed E-state index contributed by atoms with van der Waals surface area (Å²) in [6.07, 6.45) is 3.02. The first-order chi connectivity index (χ1) is 9.52. The fourth-order valence-electron chi connectivity index (χ4n) is 1.57. The molecule has 0 fully saturated rings. The number of nitrogens with zero attached hydrogens (tertiary/aromatic N) is 1. The average Bonchev–Trinajstić information content (AvgIpc) is 2.43. The van der Waals surface area contributed by atoms with Crippen LogP contribution in [0.3, 0.4) is 0 Å². The predicted octanol–water partition coefficient (Wildman–Crippen LogP) is 2.18. The Hall–Kier alpha value is -1.88. The summed E-state index contributed by atoms with van der Waals surface area (Å²) in [5.41, 5.74) is 2.06. The van der Waals surface area contributed by atoms with Crippen LogP contribution in [0, 0.1) is 0 Å². The van der Waals surface area contributed by atoms with Crippen molar-refractivity contribution < 1.29 is 4.79 Å². The molecule has 0 atom stereocenters. The van der Waals surface area contributed by atoms with E-state index in [9.17, 15) is 4.79 Å². The first-order valence-corrected chi connectivity index (χ1v) is 6.88. The van der Waals surface area contributed by atoms with E-state index in [1.165, 1.54) is 0 Å². The second kappa shape index (κ2) is 8.32. The zero-order valence-electron chi connectivity index (χ0n) is 12.0. The zero-order valence-corrected chi connectivity index (χ0v) is 12.8. The van der Waals surface area contributed by atoms with Gasteiger partial charge in [0, 0.05) is 32.7 Å². The fraction of sp³-hybridized carbons (Fsp3) is 0.333. The first-order valence-electron chi connectivity index (χ1n) is 6.47. The van der Waals surface area contributed by atoms with Crippen LogP contribution < -0.4 is 10.6 Å². The average molecular weight is 291 g/mol. The molecule has 5 heteroatoms. The molecule has 108 valence electrons. The van der Waals surface area contributed by atoms with Crippen LogP contribution in [0.2, 0.25) is 0 Å². The molecule has 0 bridgehead atoms. The van der Waals surface area contributed by atoms with Crippen LogP contribution in [0.15, 0.2) is 36.9 Å². The molecule has 0 radical (unpaired) electrons. The Morgan fingerprint density at radius 2 is 2.00 bits per heavy atom. The van der Waals surface area contributed by atoms with Gasteiger partial charge in [0.25, 0.3) is 0 Å². The molecular weight excluding hydrogens is 270 g/mol. The largest absolute Gasteiger partial charge is 0.359 e. The number of carbonyl (C=O) groups excluding carboxylic acids is 1. The van der Waals surface area contributed by atoms with Gasteiger partial charge < -0.3 is 15.5 Å². The van der Waals surface area contributed by atoms with Crippen molar-refractivity contribution in [3.8, 4) is 0 Å². The monoisotopic (exact) mass is 291 g/mol. The maximum Gasteiger partial charge on any atom is 0.222 e. The van der Waals surface area contributed by atoms with E-state index in [-0.39, 0.29) is 5.91 Å². The summed E-state index contributed by atoms with van der Waals surface area (Å²) in [7, 11) is 3.54. The Balaban J connectivity index is 2.46. The van der Waals surface area contributed by atoms with Crippen molar-refractivity contribution in [2.75, 3.05) is 26.0 Å². The molecule has 0 aromatic heterocycles. The van der Waals surface area contributed by atoms with E-state index in [2.05, 4.69) is 17.2 Å². The Morgan fingerprint density at radius 3 is 2.55 bits per heavy atom. The molecule has 4 nitrogen and oxygen atoms in total. The molecule has 2 N–H and O–H groups in total. The van der Waals surface area contributed by atoms with Crippen molar-refractivity contribution in [3.05, 3.63) is 42.5 Å². The van der Waals surface area contributed by atoms with Gasteiger partial charge in [-0.3, -0.25) is 4.79 Å². The van der Waals surface area contributed by atoms with Crippen LogP contribution in [-0.4, -0.2) is 36.6 Å². The Bertz CT molecular complexity index is 469. The van der Waals surface area contributed by atoms with Crippen LogP contribution in [0.5, 0.6) is 0 Å². The zero-order chi connectivity index (χ0) is 15.0. The van der Waals surface area contributed by atoms with Crippen LogP contribution in [0.1, 0.15) is 12.0 Å². The van der Waals surface area contributed by atoms with Gasteiger partial charge in [0.2, 0.25) is 5.91 Å². The lowest BCUT2D eigenvalue weighted by Crippen LogP contribution is -2.28. The highest BCUT2D eigenvalue weighted by Crippen LogP contribution is 2.11. The third-order valence-electron chi connectivity index (χ3n) is 2.75. The highest BCUT2D eigenvalue weighted by Gasteiger charge is 2.04. The van der Waals surface area contributed by atoms with Crippen molar-refractivity contribution in [1.82, 2.24) is 10.2 Å². The molecule has 0 saturated heterocycles. The molecule has 1 aromatic rings. The lowest BCUT2D eigenvalue weighted by Gasteiger charge is -2.11. The van der Waals surface area contributed by atoms with Gasteiger partial charge in [0.1, 0.15) is 0 Å². The van der Waals surface area contributed by atoms with E-state index < -0.39 is 0 Å². The number of benzene rings is 1. The second-order valence-electron chi connectivity index (χ2n) is 4.61. The number of thiocarbonyl (C=S) groups is 1. The first kappa shape index (κ1) is 16.2. The van der Waals surface area contributed by atoms with Gasteiger partial charge in [-0.1, -0.05) is 18.2 Å². The maximum atomic E-state index is 11.5. The summed E-state index contributed by atoms with van der Waals surface area (Å²) >= 11 is 5.13. The van der Waals surface area contributed by atoms with Crippen molar-refractivity contribution in [1.29, 1.82) is 0 Å². The quantitative estimate of drug-likeness (QED) is 0.623. The summed E-state index contributed by atoms with van der Waals surface area (Å²) in [6, 6.07) is 7.91. The standard InChI is InChI=1S/C15H21N3OS/c1-4-11-16-15(20)17-13-8-5-12(6-9-13)7-10-14(19)18(2)3/h4-6,8-9H,1,7,10-11H2,2-3H3,(H2,16,17,20). The van der Waals surface area contributed by atoms with E-state index in [1.54, 1.807) is 25.1 Å². The molecule has 0 saturated carbocycles. The van der Waals surface area contributed by atoms with Crippen LogP contribution in [0.25, 0.3) is 0 Å². The summed E-state index contributed by atoms with van der Waals surface area (Å²) < 4.78 is 0.